The molecule has 2 rings (SSSR count). The average molecular weight is 335 g/mol. The molecule has 1 fully saturated rings. The Morgan fingerprint density at radius 1 is 1.46 bits per heavy atom. The molecule has 1 amide bonds. The average Bonchev–Trinajstić information content (AvgIpc) is 3.02. The maximum Gasteiger partial charge on any atom is 0.323 e. The van der Waals surface area contributed by atoms with Crippen LogP contribution >= 0.6 is 0 Å². The Morgan fingerprint density at radius 3 is 2.83 bits per heavy atom. The number of amides is 1. The lowest BCUT2D eigenvalue weighted by Crippen LogP contribution is -2.38. The predicted molar refractivity (Wildman–Crippen MR) is 87.7 cm³/mol. The highest BCUT2D eigenvalue weighted by molar-refractivity contribution is 5.91. The zero-order chi connectivity index (χ0) is 17.7. The number of esters is 1. The summed E-state index contributed by atoms with van der Waals surface area (Å²) in [6, 6.07) is 4.03. The summed E-state index contributed by atoms with van der Waals surface area (Å²) in [4.78, 5) is 36.0. The number of benzene rings is 1. The standard InChI is InChI=1S/C16H21N3O5/c1-11-10-12(19(22)23)5-6-13(11)17-15(20)7-9-18-8-3-4-14(18)16(21)24-2/h5-6,10,14H,3-4,7-9H2,1-2H3,(H,17,20). The molecule has 1 aromatic rings. The van der Waals surface area contributed by atoms with Crippen molar-refractivity contribution in [1.29, 1.82) is 0 Å². The van der Waals surface area contributed by atoms with Crippen molar-refractivity contribution >= 4 is 23.3 Å². The first-order valence-corrected chi connectivity index (χ1v) is 7.79. The van der Waals surface area contributed by atoms with E-state index in [-0.39, 0.29) is 30.0 Å². The summed E-state index contributed by atoms with van der Waals surface area (Å²) in [6.45, 7) is 2.94. The Balaban J connectivity index is 1.89. The third kappa shape index (κ3) is 4.29. The van der Waals surface area contributed by atoms with Crippen molar-refractivity contribution in [3.05, 3.63) is 33.9 Å². The number of likely N-dealkylation sites (tertiary alicyclic amines) is 1. The van der Waals surface area contributed by atoms with Crippen molar-refractivity contribution in [2.45, 2.75) is 32.2 Å². The van der Waals surface area contributed by atoms with Gasteiger partial charge in [0.2, 0.25) is 5.91 Å². The van der Waals surface area contributed by atoms with Crippen LogP contribution in [0.15, 0.2) is 18.2 Å². The molecule has 0 bridgehead atoms. The van der Waals surface area contributed by atoms with Gasteiger partial charge in [-0.1, -0.05) is 0 Å². The quantitative estimate of drug-likeness (QED) is 0.484. The normalized spacial score (nSPS) is 17.5. The molecule has 1 N–H and O–H groups in total. The maximum atomic E-state index is 12.1. The van der Waals surface area contributed by atoms with E-state index >= 15 is 0 Å². The minimum Gasteiger partial charge on any atom is -0.468 e. The monoisotopic (exact) mass is 335 g/mol. The lowest BCUT2D eigenvalue weighted by molar-refractivity contribution is -0.384. The van der Waals surface area contributed by atoms with E-state index in [0.717, 1.165) is 19.4 Å². The highest BCUT2D eigenvalue weighted by Crippen LogP contribution is 2.22. The molecule has 24 heavy (non-hydrogen) atoms. The lowest BCUT2D eigenvalue weighted by Gasteiger charge is -2.21. The zero-order valence-electron chi connectivity index (χ0n) is 13.8. The van der Waals surface area contributed by atoms with E-state index in [0.29, 0.717) is 17.8 Å². The number of rotatable bonds is 6. The van der Waals surface area contributed by atoms with Crippen molar-refractivity contribution < 1.29 is 19.2 Å². The summed E-state index contributed by atoms with van der Waals surface area (Å²) in [7, 11) is 1.36. The Morgan fingerprint density at radius 2 is 2.21 bits per heavy atom. The number of nitrogens with zero attached hydrogens (tertiary/aromatic N) is 2. The topological polar surface area (TPSA) is 102 Å². The van der Waals surface area contributed by atoms with Crippen LogP contribution in [0.1, 0.15) is 24.8 Å². The van der Waals surface area contributed by atoms with Crippen molar-refractivity contribution in [3.63, 3.8) is 0 Å². The number of non-ortho nitro benzene ring substituents is 1. The largest absolute Gasteiger partial charge is 0.468 e. The number of methoxy groups -OCH3 is 1. The van der Waals surface area contributed by atoms with E-state index in [1.165, 1.54) is 25.3 Å². The summed E-state index contributed by atoms with van der Waals surface area (Å²) in [5.41, 5.74) is 1.17. The minimum absolute atomic E-state index is 0.0107. The van der Waals surface area contributed by atoms with Gasteiger partial charge < -0.3 is 10.1 Å². The Labute approximate surface area is 139 Å². The van der Waals surface area contributed by atoms with Gasteiger partial charge in [-0.25, -0.2) is 0 Å². The molecule has 1 aliphatic rings. The van der Waals surface area contributed by atoms with Gasteiger partial charge in [0.25, 0.3) is 5.69 Å². The van der Waals surface area contributed by atoms with Gasteiger partial charge in [0.15, 0.2) is 0 Å². The van der Waals surface area contributed by atoms with Gasteiger partial charge in [-0.2, -0.15) is 0 Å². The fourth-order valence-electron chi connectivity index (χ4n) is 2.86. The molecule has 1 atom stereocenters. The zero-order valence-corrected chi connectivity index (χ0v) is 13.8. The molecule has 1 saturated heterocycles. The molecule has 1 unspecified atom stereocenters. The van der Waals surface area contributed by atoms with Crippen LogP contribution in [0.25, 0.3) is 0 Å². The van der Waals surface area contributed by atoms with Crippen LogP contribution < -0.4 is 5.32 Å². The van der Waals surface area contributed by atoms with Gasteiger partial charge in [-0.05, 0) is 37.9 Å². The third-order valence-electron chi connectivity index (χ3n) is 4.16. The molecule has 8 heteroatoms. The molecule has 0 aromatic heterocycles. The van der Waals surface area contributed by atoms with Gasteiger partial charge in [-0.3, -0.25) is 24.6 Å². The summed E-state index contributed by atoms with van der Waals surface area (Å²) < 4.78 is 4.78. The molecule has 0 saturated carbocycles. The van der Waals surface area contributed by atoms with E-state index in [1.54, 1.807) is 6.92 Å². The van der Waals surface area contributed by atoms with Crippen LogP contribution in [0.5, 0.6) is 0 Å². The molecule has 0 spiro atoms. The van der Waals surface area contributed by atoms with E-state index in [2.05, 4.69) is 5.32 Å². The number of carbonyl (C=O) groups is 2. The van der Waals surface area contributed by atoms with Gasteiger partial charge in [0.05, 0.1) is 12.0 Å². The molecule has 0 radical (unpaired) electrons. The van der Waals surface area contributed by atoms with Gasteiger partial charge in [0.1, 0.15) is 6.04 Å². The fraction of sp³-hybridized carbons (Fsp3) is 0.500. The minimum atomic E-state index is -0.473. The molecule has 0 aliphatic carbocycles. The molecule has 130 valence electrons. The Bertz CT molecular complexity index is 647. The van der Waals surface area contributed by atoms with E-state index in [9.17, 15) is 19.7 Å². The SMILES string of the molecule is COC(=O)C1CCCN1CCC(=O)Nc1ccc([N+](=O)[O-])cc1C. The first kappa shape index (κ1) is 17.9. The third-order valence-corrected chi connectivity index (χ3v) is 4.16. The summed E-state index contributed by atoms with van der Waals surface area (Å²) in [5.74, 6) is -0.457. The van der Waals surface area contributed by atoms with Crippen molar-refractivity contribution in [1.82, 2.24) is 4.90 Å². The molecule has 1 heterocycles. The van der Waals surface area contributed by atoms with E-state index < -0.39 is 4.92 Å². The smallest absolute Gasteiger partial charge is 0.323 e. The summed E-state index contributed by atoms with van der Waals surface area (Å²) >= 11 is 0. The first-order chi connectivity index (χ1) is 11.4. The van der Waals surface area contributed by atoms with Crippen molar-refractivity contribution in [2.75, 3.05) is 25.5 Å². The van der Waals surface area contributed by atoms with Crippen LogP contribution in [0, 0.1) is 17.0 Å². The van der Waals surface area contributed by atoms with Gasteiger partial charge in [0, 0.05) is 30.8 Å². The molecule has 1 aliphatic heterocycles. The highest BCUT2D eigenvalue weighted by Gasteiger charge is 2.31. The Kier molecular flexibility index (Phi) is 5.86. The van der Waals surface area contributed by atoms with E-state index in [4.69, 9.17) is 4.74 Å². The summed E-state index contributed by atoms with van der Waals surface area (Å²) in [6.07, 6.45) is 1.89. The number of ether oxygens (including phenoxy) is 1. The number of hydrogen-bond acceptors (Lipinski definition) is 6. The number of nitrogens with one attached hydrogen (secondary N) is 1. The second-order valence-corrected chi connectivity index (χ2v) is 5.77. The molecule has 1 aromatic carbocycles. The molecular formula is C16H21N3O5. The Hall–Kier alpha value is -2.48. The van der Waals surface area contributed by atoms with Crippen LogP contribution in [-0.4, -0.2) is 47.9 Å². The molecular weight excluding hydrogens is 314 g/mol. The second kappa shape index (κ2) is 7.87. The first-order valence-electron chi connectivity index (χ1n) is 7.79. The molecule has 8 nitrogen and oxygen atoms in total. The lowest BCUT2D eigenvalue weighted by atomic mass is 10.1. The van der Waals surface area contributed by atoms with Crippen LogP contribution in [0.4, 0.5) is 11.4 Å². The van der Waals surface area contributed by atoms with Crippen molar-refractivity contribution in [2.24, 2.45) is 0 Å². The fourth-order valence-corrected chi connectivity index (χ4v) is 2.86. The van der Waals surface area contributed by atoms with Gasteiger partial charge in [-0.15, -0.1) is 0 Å². The number of nitro groups is 1. The van der Waals surface area contributed by atoms with Crippen LogP contribution in [-0.2, 0) is 14.3 Å². The van der Waals surface area contributed by atoms with Crippen molar-refractivity contribution in [3.8, 4) is 0 Å². The summed E-state index contributed by atoms with van der Waals surface area (Å²) in [5, 5.41) is 13.5. The van der Waals surface area contributed by atoms with Crippen LogP contribution in [0.3, 0.4) is 0 Å². The number of aryl methyl sites for hydroxylation is 1. The predicted octanol–water partition coefficient (Wildman–Crippen LogP) is 1.87. The van der Waals surface area contributed by atoms with Crippen LogP contribution in [0.2, 0.25) is 0 Å². The number of hydrogen-bond donors (Lipinski definition) is 1. The number of carbonyl (C=O) groups excluding carboxylic acids is 2. The highest BCUT2D eigenvalue weighted by atomic mass is 16.6. The number of anilines is 1. The van der Waals surface area contributed by atoms with Gasteiger partial charge >= 0.3 is 5.97 Å². The number of nitro benzene ring substituents is 1. The second-order valence-electron chi connectivity index (χ2n) is 5.77. The maximum absolute atomic E-state index is 12.1. The van der Waals surface area contributed by atoms with E-state index in [1.807, 2.05) is 4.90 Å².